The maximum absolute atomic E-state index is 12.0. The number of hydrogen-bond donors (Lipinski definition) is 0. The highest BCUT2D eigenvalue weighted by atomic mass is 35.5. The molecule has 0 unspecified atom stereocenters. The molecular weight excluding hydrogens is 346 g/mol. The standard InChI is InChI=1S/C20H30ClNO2.C2H6/c1-5-14(6-2)15-7-9-16(10-8-15)24-17-11-12-18(19(21)13-17)20(23)22(3)4;1-2/h11-16H,5-10H2,1-4H3;1-2H3. The van der Waals surface area contributed by atoms with E-state index < -0.39 is 0 Å². The molecule has 0 radical (unpaired) electrons. The summed E-state index contributed by atoms with van der Waals surface area (Å²) in [7, 11) is 3.45. The molecule has 0 N–H and O–H groups in total. The fourth-order valence-corrected chi connectivity index (χ4v) is 4.06. The topological polar surface area (TPSA) is 29.5 Å². The monoisotopic (exact) mass is 381 g/mol. The van der Waals surface area contributed by atoms with E-state index in [9.17, 15) is 4.79 Å². The number of benzene rings is 1. The van der Waals surface area contributed by atoms with Crippen LogP contribution in [0.4, 0.5) is 0 Å². The number of carbonyl (C=O) groups is 1. The van der Waals surface area contributed by atoms with E-state index in [4.69, 9.17) is 16.3 Å². The summed E-state index contributed by atoms with van der Waals surface area (Å²) in [6.07, 6.45) is 7.55. The van der Waals surface area contributed by atoms with Crippen molar-refractivity contribution in [2.45, 2.75) is 72.3 Å². The third-order valence-corrected chi connectivity index (χ3v) is 5.63. The smallest absolute Gasteiger partial charge is 0.254 e. The van der Waals surface area contributed by atoms with Crippen molar-refractivity contribution in [2.24, 2.45) is 11.8 Å². The minimum atomic E-state index is -0.0859. The molecule has 148 valence electrons. The lowest BCUT2D eigenvalue weighted by atomic mass is 9.77. The van der Waals surface area contributed by atoms with Crippen LogP contribution in [0.3, 0.4) is 0 Å². The Balaban J connectivity index is 0.00000163. The van der Waals surface area contributed by atoms with E-state index in [-0.39, 0.29) is 12.0 Å². The summed E-state index contributed by atoms with van der Waals surface area (Å²) in [5.74, 6) is 2.39. The number of amides is 1. The van der Waals surface area contributed by atoms with E-state index in [1.165, 1.54) is 30.6 Å². The van der Waals surface area contributed by atoms with E-state index in [1.54, 1.807) is 26.2 Å². The maximum Gasteiger partial charge on any atom is 0.254 e. The van der Waals surface area contributed by atoms with Crippen LogP contribution in [0.5, 0.6) is 5.75 Å². The predicted molar refractivity (Wildman–Crippen MR) is 111 cm³/mol. The van der Waals surface area contributed by atoms with Gasteiger partial charge in [0.1, 0.15) is 5.75 Å². The summed E-state index contributed by atoms with van der Waals surface area (Å²) >= 11 is 6.26. The van der Waals surface area contributed by atoms with E-state index in [1.807, 2.05) is 19.9 Å². The fraction of sp³-hybridized carbons (Fsp3) is 0.682. The van der Waals surface area contributed by atoms with Crippen LogP contribution < -0.4 is 4.74 Å². The Bertz CT molecular complexity index is 547. The van der Waals surface area contributed by atoms with Crippen LogP contribution in [-0.4, -0.2) is 31.0 Å². The van der Waals surface area contributed by atoms with Crippen LogP contribution in [0.2, 0.25) is 5.02 Å². The maximum atomic E-state index is 12.0. The summed E-state index contributed by atoms with van der Waals surface area (Å²) in [5, 5.41) is 0.455. The first kappa shape index (κ1) is 22.8. The fourth-order valence-electron chi connectivity index (χ4n) is 3.81. The second-order valence-electron chi connectivity index (χ2n) is 7.07. The third-order valence-electron chi connectivity index (χ3n) is 5.31. The Morgan fingerprint density at radius 2 is 1.73 bits per heavy atom. The quantitative estimate of drug-likeness (QED) is 0.567. The lowest BCUT2D eigenvalue weighted by molar-refractivity contribution is 0.0827. The van der Waals surface area contributed by atoms with E-state index in [0.717, 1.165) is 30.4 Å². The van der Waals surface area contributed by atoms with Gasteiger partial charge in [-0.2, -0.15) is 0 Å². The van der Waals surface area contributed by atoms with Gasteiger partial charge in [-0.05, 0) is 55.7 Å². The highest BCUT2D eigenvalue weighted by Crippen LogP contribution is 2.35. The lowest BCUT2D eigenvalue weighted by Gasteiger charge is -2.33. The summed E-state index contributed by atoms with van der Waals surface area (Å²) in [5.41, 5.74) is 0.520. The molecule has 0 atom stereocenters. The zero-order valence-corrected chi connectivity index (χ0v) is 18.1. The number of ether oxygens (including phenoxy) is 1. The molecule has 1 aliphatic carbocycles. The molecule has 1 fully saturated rings. The second-order valence-corrected chi connectivity index (χ2v) is 7.48. The van der Waals surface area contributed by atoms with Crippen LogP contribution in [0, 0.1) is 11.8 Å². The molecule has 26 heavy (non-hydrogen) atoms. The Morgan fingerprint density at radius 1 is 1.15 bits per heavy atom. The average molecular weight is 382 g/mol. The molecule has 1 saturated carbocycles. The largest absolute Gasteiger partial charge is 0.490 e. The number of carbonyl (C=O) groups excluding carboxylic acids is 1. The predicted octanol–water partition coefficient (Wildman–Crippen LogP) is 6.44. The van der Waals surface area contributed by atoms with Crippen LogP contribution in [0.25, 0.3) is 0 Å². The second kappa shape index (κ2) is 11.5. The van der Waals surface area contributed by atoms with Gasteiger partial charge in [0.2, 0.25) is 0 Å². The van der Waals surface area contributed by atoms with Crippen LogP contribution in [0.15, 0.2) is 18.2 Å². The number of halogens is 1. The Morgan fingerprint density at radius 3 is 2.19 bits per heavy atom. The van der Waals surface area contributed by atoms with Crippen molar-refractivity contribution < 1.29 is 9.53 Å². The molecule has 1 aliphatic rings. The lowest BCUT2D eigenvalue weighted by Crippen LogP contribution is -2.27. The molecule has 4 heteroatoms. The SMILES string of the molecule is CC.CCC(CC)C1CCC(Oc2ccc(C(=O)N(C)C)c(Cl)c2)CC1. The van der Waals surface area contributed by atoms with E-state index >= 15 is 0 Å². The van der Waals surface area contributed by atoms with Crippen molar-refractivity contribution in [1.82, 2.24) is 4.90 Å². The third kappa shape index (κ3) is 6.19. The summed E-state index contributed by atoms with van der Waals surface area (Å²) < 4.78 is 6.12. The van der Waals surface area contributed by atoms with Gasteiger partial charge in [0, 0.05) is 14.1 Å². The van der Waals surface area contributed by atoms with Gasteiger partial charge >= 0.3 is 0 Å². The molecule has 0 heterocycles. The molecule has 0 spiro atoms. The zero-order valence-electron chi connectivity index (χ0n) is 17.3. The zero-order chi connectivity index (χ0) is 19.7. The van der Waals surface area contributed by atoms with Gasteiger partial charge in [0.15, 0.2) is 0 Å². The van der Waals surface area contributed by atoms with Crippen molar-refractivity contribution in [3.05, 3.63) is 28.8 Å². The van der Waals surface area contributed by atoms with Gasteiger partial charge in [0.25, 0.3) is 5.91 Å². The molecular formula is C22H36ClNO2. The number of nitrogens with zero attached hydrogens (tertiary/aromatic N) is 1. The van der Waals surface area contributed by atoms with Gasteiger partial charge in [-0.1, -0.05) is 52.1 Å². The summed E-state index contributed by atoms with van der Waals surface area (Å²) in [6.45, 7) is 8.60. The van der Waals surface area contributed by atoms with Crippen molar-refractivity contribution in [3.8, 4) is 5.75 Å². The minimum Gasteiger partial charge on any atom is -0.490 e. The molecule has 3 nitrogen and oxygen atoms in total. The van der Waals surface area contributed by atoms with Crippen molar-refractivity contribution in [1.29, 1.82) is 0 Å². The minimum absolute atomic E-state index is 0.0859. The molecule has 0 bridgehead atoms. The molecule has 1 amide bonds. The van der Waals surface area contributed by atoms with E-state index in [2.05, 4.69) is 13.8 Å². The Hall–Kier alpha value is -1.22. The summed E-state index contributed by atoms with van der Waals surface area (Å²) in [6, 6.07) is 5.39. The van der Waals surface area contributed by atoms with Crippen LogP contribution in [0.1, 0.15) is 76.6 Å². The Labute approximate surface area is 165 Å². The Kier molecular flexibility index (Phi) is 10.1. The number of hydrogen-bond acceptors (Lipinski definition) is 2. The van der Waals surface area contributed by atoms with Crippen LogP contribution >= 0.6 is 11.6 Å². The van der Waals surface area contributed by atoms with Gasteiger partial charge in [-0.3, -0.25) is 4.79 Å². The normalized spacial score (nSPS) is 19.5. The molecule has 1 aromatic rings. The highest BCUT2D eigenvalue weighted by Gasteiger charge is 2.27. The number of rotatable bonds is 6. The molecule has 1 aromatic carbocycles. The molecule has 0 aliphatic heterocycles. The van der Waals surface area contributed by atoms with Gasteiger partial charge in [-0.25, -0.2) is 0 Å². The van der Waals surface area contributed by atoms with Crippen molar-refractivity contribution in [3.63, 3.8) is 0 Å². The molecule has 2 rings (SSSR count). The summed E-state index contributed by atoms with van der Waals surface area (Å²) in [4.78, 5) is 13.6. The van der Waals surface area contributed by atoms with Crippen molar-refractivity contribution in [2.75, 3.05) is 14.1 Å². The first-order valence-electron chi connectivity index (χ1n) is 10.1. The molecule has 0 aromatic heterocycles. The van der Waals surface area contributed by atoms with Crippen LogP contribution in [-0.2, 0) is 0 Å². The van der Waals surface area contributed by atoms with Crippen molar-refractivity contribution >= 4 is 17.5 Å². The molecule has 0 saturated heterocycles. The van der Waals surface area contributed by atoms with E-state index in [0.29, 0.717) is 10.6 Å². The average Bonchev–Trinajstić information content (AvgIpc) is 2.65. The first-order valence-corrected chi connectivity index (χ1v) is 10.5. The van der Waals surface area contributed by atoms with Gasteiger partial charge in [-0.15, -0.1) is 0 Å². The van der Waals surface area contributed by atoms with Gasteiger partial charge < -0.3 is 9.64 Å². The van der Waals surface area contributed by atoms with Gasteiger partial charge in [0.05, 0.1) is 16.7 Å². The first-order chi connectivity index (χ1) is 12.5. The highest BCUT2D eigenvalue weighted by molar-refractivity contribution is 6.34.